The maximum absolute atomic E-state index is 5.96. The van der Waals surface area contributed by atoms with Crippen molar-refractivity contribution < 1.29 is 0 Å². The summed E-state index contributed by atoms with van der Waals surface area (Å²) in [7, 11) is 0. The topological polar surface area (TPSA) is 50.4 Å². The van der Waals surface area contributed by atoms with Gasteiger partial charge in [0.1, 0.15) is 0 Å². The van der Waals surface area contributed by atoms with Gasteiger partial charge in [0.05, 0.1) is 0 Å². The van der Waals surface area contributed by atoms with E-state index in [1.807, 2.05) is 30.3 Å². The van der Waals surface area contributed by atoms with Gasteiger partial charge in [-0.25, -0.2) is 0 Å². The fraction of sp³-hybridized carbons (Fsp3) is 0.278. The molecule has 0 fully saturated rings. The molecule has 2 aromatic rings. The third-order valence-corrected chi connectivity index (χ3v) is 3.51. The molecule has 1 unspecified atom stereocenters. The van der Waals surface area contributed by atoms with Crippen LogP contribution in [0.3, 0.4) is 0 Å². The molecule has 0 spiro atoms. The van der Waals surface area contributed by atoms with E-state index in [0.717, 1.165) is 12.1 Å². The zero-order valence-electron chi connectivity index (χ0n) is 13.1. The summed E-state index contributed by atoms with van der Waals surface area (Å²) in [5.74, 6) is 0.819. The molecule has 0 aliphatic carbocycles. The molecule has 3 N–H and O–H groups in total. The van der Waals surface area contributed by atoms with Crippen LogP contribution in [0.15, 0.2) is 59.6 Å². The summed E-state index contributed by atoms with van der Waals surface area (Å²) in [4.78, 5) is 4.43. The van der Waals surface area contributed by atoms with Gasteiger partial charge in [-0.1, -0.05) is 56.3 Å². The molecule has 0 radical (unpaired) electrons. The highest BCUT2D eigenvalue weighted by Crippen LogP contribution is 2.15. The molecule has 0 bridgehead atoms. The predicted molar refractivity (Wildman–Crippen MR) is 106 cm³/mol. The SMILES string of the molecule is CCc1cccc(NC(N)=NCC(C)c2ccccc2)c1.I. The van der Waals surface area contributed by atoms with Crippen molar-refractivity contribution in [1.29, 1.82) is 0 Å². The van der Waals surface area contributed by atoms with Crippen molar-refractivity contribution in [3.63, 3.8) is 0 Å². The van der Waals surface area contributed by atoms with E-state index in [1.165, 1.54) is 11.1 Å². The number of guanidine groups is 1. The third kappa shape index (κ3) is 5.67. The number of halogens is 1. The van der Waals surface area contributed by atoms with Gasteiger partial charge in [0.25, 0.3) is 0 Å². The maximum atomic E-state index is 5.96. The summed E-state index contributed by atoms with van der Waals surface area (Å²) < 4.78 is 0. The van der Waals surface area contributed by atoms with E-state index in [-0.39, 0.29) is 24.0 Å². The van der Waals surface area contributed by atoms with Crippen LogP contribution >= 0.6 is 24.0 Å². The van der Waals surface area contributed by atoms with Gasteiger partial charge in [0.2, 0.25) is 0 Å². The highest BCUT2D eigenvalue weighted by molar-refractivity contribution is 14.0. The van der Waals surface area contributed by atoms with Crippen LogP contribution in [-0.2, 0) is 6.42 Å². The molecule has 3 nitrogen and oxygen atoms in total. The molecule has 118 valence electrons. The monoisotopic (exact) mass is 409 g/mol. The number of nitrogens with zero attached hydrogens (tertiary/aromatic N) is 1. The van der Waals surface area contributed by atoms with Crippen LogP contribution in [-0.4, -0.2) is 12.5 Å². The number of aliphatic imine (C=N–C) groups is 1. The fourth-order valence-electron chi connectivity index (χ4n) is 2.18. The second-order valence-electron chi connectivity index (χ2n) is 5.22. The fourth-order valence-corrected chi connectivity index (χ4v) is 2.18. The Morgan fingerprint density at radius 1 is 1.14 bits per heavy atom. The minimum atomic E-state index is 0. The first-order valence-electron chi connectivity index (χ1n) is 7.40. The van der Waals surface area contributed by atoms with E-state index < -0.39 is 0 Å². The molecule has 0 heterocycles. The summed E-state index contributed by atoms with van der Waals surface area (Å²) in [5.41, 5.74) is 9.51. The smallest absolute Gasteiger partial charge is 0.193 e. The minimum absolute atomic E-state index is 0. The molecule has 1 atom stereocenters. The molecular weight excluding hydrogens is 385 g/mol. The number of benzene rings is 2. The molecule has 0 saturated carbocycles. The number of anilines is 1. The zero-order valence-corrected chi connectivity index (χ0v) is 15.5. The van der Waals surface area contributed by atoms with E-state index in [0.29, 0.717) is 18.4 Å². The van der Waals surface area contributed by atoms with Crippen molar-refractivity contribution in [2.45, 2.75) is 26.2 Å². The predicted octanol–water partition coefficient (Wildman–Crippen LogP) is 4.40. The summed E-state index contributed by atoms with van der Waals surface area (Å²) in [6.45, 7) is 4.97. The van der Waals surface area contributed by atoms with Crippen molar-refractivity contribution >= 4 is 35.6 Å². The van der Waals surface area contributed by atoms with Crippen molar-refractivity contribution in [1.82, 2.24) is 0 Å². The van der Waals surface area contributed by atoms with Gasteiger partial charge in [-0.3, -0.25) is 4.99 Å². The molecule has 0 aromatic heterocycles. The number of nitrogens with one attached hydrogen (secondary N) is 1. The Balaban J connectivity index is 0.00000242. The molecular formula is C18H24IN3. The number of hydrogen-bond acceptors (Lipinski definition) is 1. The number of rotatable bonds is 5. The van der Waals surface area contributed by atoms with Crippen molar-refractivity contribution in [2.75, 3.05) is 11.9 Å². The molecule has 0 amide bonds. The molecule has 2 aromatic carbocycles. The Morgan fingerprint density at radius 2 is 1.86 bits per heavy atom. The molecule has 22 heavy (non-hydrogen) atoms. The second-order valence-corrected chi connectivity index (χ2v) is 5.22. The highest BCUT2D eigenvalue weighted by atomic mass is 127. The lowest BCUT2D eigenvalue weighted by atomic mass is 10.0. The molecule has 2 rings (SSSR count). The van der Waals surface area contributed by atoms with E-state index in [1.54, 1.807) is 0 Å². The Kier molecular flexibility index (Phi) is 7.95. The lowest BCUT2D eigenvalue weighted by molar-refractivity contribution is 0.774. The quantitative estimate of drug-likeness (QED) is 0.437. The van der Waals surface area contributed by atoms with Crippen LogP contribution in [0.1, 0.15) is 30.9 Å². The van der Waals surface area contributed by atoms with Crippen molar-refractivity contribution in [3.8, 4) is 0 Å². The number of hydrogen-bond donors (Lipinski definition) is 2. The van der Waals surface area contributed by atoms with Gasteiger partial charge in [-0.2, -0.15) is 0 Å². The van der Waals surface area contributed by atoms with Gasteiger partial charge >= 0.3 is 0 Å². The van der Waals surface area contributed by atoms with Gasteiger partial charge in [-0.15, -0.1) is 24.0 Å². The highest BCUT2D eigenvalue weighted by Gasteiger charge is 2.04. The normalized spacial score (nSPS) is 12.4. The maximum Gasteiger partial charge on any atom is 0.193 e. The second kappa shape index (κ2) is 9.46. The zero-order chi connectivity index (χ0) is 15.1. The Hall–Kier alpha value is -1.56. The van der Waals surface area contributed by atoms with E-state index in [4.69, 9.17) is 5.73 Å². The molecule has 0 saturated heterocycles. The van der Waals surface area contributed by atoms with Crippen LogP contribution in [0, 0.1) is 0 Å². The Labute approximate surface area is 150 Å². The van der Waals surface area contributed by atoms with Crippen LogP contribution < -0.4 is 11.1 Å². The minimum Gasteiger partial charge on any atom is -0.370 e. The lowest BCUT2D eigenvalue weighted by Crippen LogP contribution is -2.23. The van der Waals surface area contributed by atoms with Crippen LogP contribution in [0.4, 0.5) is 5.69 Å². The average molecular weight is 409 g/mol. The Morgan fingerprint density at radius 3 is 2.55 bits per heavy atom. The van der Waals surface area contributed by atoms with E-state index in [2.05, 4.69) is 48.4 Å². The summed E-state index contributed by atoms with van der Waals surface area (Å²) in [5, 5.41) is 3.15. The number of nitrogens with two attached hydrogens (primary N) is 1. The molecule has 4 heteroatoms. The molecule has 0 aliphatic heterocycles. The van der Waals surface area contributed by atoms with Gasteiger partial charge in [0.15, 0.2) is 5.96 Å². The first-order valence-corrected chi connectivity index (χ1v) is 7.40. The van der Waals surface area contributed by atoms with Gasteiger partial charge in [0, 0.05) is 18.2 Å². The third-order valence-electron chi connectivity index (χ3n) is 3.51. The van der Waals surface area contributed by atoms with Crippen LogP contribution in [0.2, 0.25) is 0 Å². The van der Waals surface area contributed by atoms with Crippen LogP contribution in [0.25, 0.3) is 0 Å². The number of aryl methyl sites for hydroxylation is 1. The molecule has 0 aliphatic rings. The van der Waals surface area contributed by atoms with Crippen molar-refractivity contribution in [2.24, 2.45) is 10.7 Å². The largest absolute Gasteiger partial charge is 0.370 e. The van der Waals surface area contributed by atoms with E-state index in [9.17, 15) is 0 Å². The standard InChI is InChI=1S/C18H23N3.HI/c1-3-15-8-7-11-17(12-15)21-18(19)20-13-14(2)16-9-5-4-6-10-16;/h4-12,14H,3,13H2,1-2H3,(H3,19,20,21);1H. The first kappa shape index (κ1) is 18.5. The summed E-state index contributed by atoms with van der Waals surface area (Å²) in [6, 6.07) is 18.6. The van der Waals surface area contributed by atoms with Crippen LogP contribution in [0.5, 0.6) is 0 Å². The average Bonchev–Trinajstić information content (AvgIpc) is 2.53. The Bertz CT molecular complexity index is 596. The summed E-state index contributed by atoms with van der Waals surface area (Å²) in [6.07, 6.45) is 1.01. The lowest BCUT2D eigenvalue weighted by Gasteiger charge is -2.11. The first-order chi connectivity index (χ1) is 10.2. The van der Waals surface area contributed by atoms with Crippen molar-refractivity contribution in [3.05, 3.63) is 65.7 Å². The van der Waals surface area contributed by atoms with E-state index >= 15 is 0 Å². The van der Waals surface area contributed by atoms with Gasteiger partial charge in [-0.05, 0) is 29.7 Å². The van der Waals surface area contributed by atoms with Gasteiger partial charge < -0.3 is 11.1 Å². The summed E-state index contributed by atoms with van der Waals surface area (Å²) >= 11 is 0.